The summed E-state index contributed by atoms with van der Waals surface area (Å²) >= 11 is 0. The molecule has 0 spiro atoms. The van der Waals surface area contributed by atoms with Gasteiger partial charge < -0.3 is 14.8 Å². The van der Waals surface area contributed by atoms with Crippen LogP contribution in [0.2, 0.25) is 0 Å². The Labute approximate surface area is 107 Å². The summed E-state index contributed by atoms with van der Waals surface area (Å²) in [6, 6.07) is 4.54. The number of hydrogen-bond donors (Lipinski definition) is 1. The average Bonchev–Trinajstić information content (AvgIpc) is 2.40. The van der Waals surface area contributed by atoms with Crippen LogP contribution >= 0.6 is 0 Å². The minimum absolute atomic E-state index is 0.154. The van der Waals surface area contributed by atoms with Crippen LogP contribution in [-0.4, -0.2) is 26.3 Å². The topological polar surface area (TPSA) is 30.5 Å². The van der Waals surface area contributed by atoms with E-state index in [4.69, 9.17) is 9.47 Å². The van der Waals surface area contributed by atoms with Crippen molar-refractivity contribution < 1.29 is 13.9 Å². The van der Waals surface area contributed by atoms with Gasteiger partial charge in [-0.05, 0) is 51.1 Å². The van der Waals surface area contributed by atoms with Crippen molar-refractivity contribution in [3.8, 4) is 5.75 Å². The lowest BCUT2D eigenvalue weighted by molar-refractivity contribution is -0.0196. The normalized spacial score (nSPS) is 18.6. The molecule has 2 rings (SSSR count). The number of benzene rings is 1. The summed E-state index contributed by atoms with van der Waals surface area (Å²) in [5, 5.41) is 3.29. The van der Waals surface area contributed by atoms with Crippen molar-refractivity contribution in [1.82, 2.24) is 5.32 Å². The van der Waals surface area contributed by atoms with Crippen LogP contribution in [0.15, 0.2) is 18.2 Å². The van der Waals surface area contributed by atoms with Crippen LogP contribution < -0.4 is 10.1 Å². The predicted molar refractivity (Wildman–Crippen MR) is 68.3 cm³/mol. The monoisotopic (exact) mass is 253 g/mol. The molecule has 1 heterocycles. The highest BCUT2D eigenvalue weighted by atomic mass is 19.1. The van der Waals surface area contributed by atoms with E-state index in [1.54, 1.807) is 13.2 Å². The number of piperidine rings is 1. The van der Waals surface area contributed by atoms with Crippen LogP contribution in [0, 0.1) is 5.82 Å². The van der Waals surface area contributed by atoms with Gasteiger partial charge in [-0.25, -0.2) is 4.39 Å². The highest BCUT2D eigenvalue weighted by Gasteiger charge is 2.20. The zero-order valence-electron chi connectivity index (χ0n) is 10.9. The Morgan fingerprint density at radius 2 is 2.06 bits per heavy atom. The fourth-order valence-corrected chi connectivity index (χ4v) is 2.32. The maximum absolute atomic E-state index is 13.3. The lowest BCUT2D eigenvalue weighted by Gasteiger charge is -2.27. The van der Waals surface area contributed by atoms with E-state index >= 15 is 0 Å². The molecule has 0 aliphatic carbocycles. The van der Waals surface area contributed by atoms with Crippen LogP contribution in [0.1, 0.15) is 31.4 Å². The van der Waals surface area contributed by atoms with Gasteiger partial charge in [0.1, 0.15) is 11.6 Å². The lowest BCUT2D eigenvalue weighted by atomic mass is 10.1. The smallest absolute Gasteiger partial charge is 0.124 e. The summed E-state index contributed by atoms with van der Waals surface area (Å²) in [5.74, 6) is 0.421. The number of nitrogens with one attached hydrogen (secondary N) is 1. The maximum atomic E-state index is 13.3. The van der Waals surface area contributed by atoms with E-state index in [0.717, 1.165) is 31.5 Å². The van der Waals surface area contributed by atoms with Gasteiger partial charge in [-0.1, -0.05) is 0 Å². The first kappa shape index (κ1) is 13.3. The largest absolute Gasteiger partial charge is 0.496 e. The van der Waals surface area contributed by atoms with Gasteiger partial charge in [-0.2, -0.15) is 0 Å². The van der Waals surface area contributed by atoms with E-state index in [1.165, 1.54) is 12.1 Å². The zero-order valence-corrected chi connectivity index (χ0v) is 10.9. The molecule has 3 nitrogen and oxygen atoms in total. The summed E-state index contributed by atoms with van der Waals surface area (Å²) in [6.07, 6.45) is 2.09. The van der Waals surface area contributed by atoms with Crippen LogP contribution in [-0.2, 0) is 4.74 Å². The molecule has 1 aliphatic heterocycles. The maximum Gasteiger partial charge on any atom is 0.124 e. The van der Waals surface area contributed by atoms with Gasteiger partial charge in [0.25, 0.3) is 0 Å². The highest BCUT2D eigenvalue weighted by molar-refractivity contribution is 5.35. The Hall–Kier alpha value is -1.13. The standard InChI is InChI=1S/C14H20FNO2/c1-10(18-12-5-7-16-8-6-12)13-9-11(15)3-4-14(13)17-2/h3-4,9-10,12,16H,5-8H2,1-2H3. The zero-order chi connectivity index (χ0) is 13.0. The summed E-state index contributed by atoms with van der Waals surface area (Å²) in [4.78, 5) is 0. The van der Waals surface area contributed by atoms with Gasteiger partial charge in [0.2, 0.25) is 0 Å². The van der Waals surface area contributed by atoms with E-state index in [0.29, 0.717) is 5.75 Å². The molecule has 1 aromatic rings. The number of hydrogen-bond acceptors (Lipinski definition) is 3. The van der Waals surface area contributed by atoms with Crippen molar-refractivity contribution in [2.24, 2.45) is 0 Å². The molecule has 18 heavy (non-hydrogen) atoms. The Morgan fingerprint density at radius 3 is 2.72 bits per heavy atom. The van der Waals surface area contributed by atoms with E-state index < -0.39 is 0 Å². The Kier molecular flexibility index (Phi) is 4.55. The minimum Gasteiger partial charge on any atom is -0.496 e. The Bertz CT molecular complexity index is 391. The van der Waals surface area contributed by atoms with Gasteiger partial charge in [-0.15, -0.1) is 0 Å². The molecule has 1 aliphatic rings. The van der Waals surface area contributed by atoms with Gasteiger partial charge >= 0.3 is 0 Å². The third kappa shape index (κ3) is 3.21. The summed E-state index contributed by atoms with van der Waals surface area (Å²) in [7, 11) is 1.59. The fourth-order valence-electron chi connectivity index (χ4n) is 2.32. The van der Waals surface area contributed by atoms with E-state index in [2.05, 4.69) is 5.32 Å². The molecule has 1 fully saturated rings. The Morgan fingerprint density at radius 1 is 1.33 bits per heavy atom. The molecular weight excluding hydrogens is 233 g/mol. The predicted octanol–water partition coefficient (Wildman–Crippen LogP) is 2.66. The number of ether oxygens (including phenoxy) is 2. The molecule has 0 radical (unpaired) electrons. The number of halogens is 1. The second kappa shape index (κ2) is 6.16. The Balaban J connectivity index is 2.07. The van der Waals surface area contributed by atoms with Gasteiger partial charge in [0, 0.05) is 5.56 Å². The van der Waals surface area contributed by atoms with Crippen LogP contribution in [0.3, 0.4) is 0 Å². The molecule has 4 heteroatoms. The molecule has 100 valence electrons. The van der Waals surface area contributed by atoms with Crippen molar-refractivity contribution in [3.05, 3.63) is 29.6 Å². The minimum atomic E-state index is -0.258. The lowest BCUT2D eigenvalue weighted by Crippen LogP contribution is -2.33. The second-order valence-electron chi connectivity index (χ2n) is 4.61. The van der Waals surface area contributed by atoms with Crippen LogP contribution in [0.5, 0.6) is 5.75 Å². The highest BCUT2D eigenvalue weighted by Crippen LogP contribution is 2.30. The van der Waals surface area contributed by atoms with Crippen molar-refractivity contribution in [3.63, 3.8) is 0 Å². The molecule has 0 bridgehead atoms. The van der Waals surface area contributed by atoms with E-state index in [9.17, 15) is 4.39 Å². The molecule has 0 aromatic heterocycles. The summed E-state index contributed by atoms with van der Waals surface area (Å²) in [6.45, 7) is 3.91. The third-order valence-electron chi connectivity index (χ3n) is 3.31. The van der Waals surface area contributed by atoms with E-state index in [1.807, 2.05) is 6.92 Å². The summed E-state index contributed by atoms with van der Waals surface area (Å²) < 4.78 is 24.5. The number of methoxy groups -OCH3 is 1. The van der Waals surface area contributed by atoms with Crippen molar-refractivity contribution in [1.29, 1.82) is 0 Å². The molecule has 0 saturated carbocycles. The van der Waals surface area contributed by atoms with Gasteiger partial charge in [0.15, 0.2) is 0 Å². The SMILES string of the molecule is COc1ccc(F)cc1C(C)OC1CCNCC1. The second-order valence-corrected chi connectivity index (χ2v) is 4.61. The molecule has 1 N–H and O–H groups in total. The average molecular weight is 253 g/mol. The molecule has 1 saturated heterocycles. The molecular formula is C14H20FNO2. The van der Waals surface area contributed by atoms with E-state index in [-0.39, 0.29) is 18.0 Å². The van der Waals surface area contributed by atoms with Gasteiger partial charge in [0.05, 0.1) is 19.3 Å². The van der Waals surface area contributed by atoms with Gasteiger partial charge in [-0.3, -0.25) is 0 Å². The molecule has 1 aromatic carbocycles. The quantitative estimate of drug-likeness (QED) is 0.895. The first-order chi connectivity index (χ1) is 8.70. The van der Waals surface area contributed by atoms with Crippen molar-refractivity contribution in [2.45, 2.75) is 32.0 Å². The van der Waals surface area contributed by atoms with Crippen LogP contribution in [0.25, 0.3) is 0 Å². The molecule has 1 unspecified atom stereocenters. The molecule has 1 atom stereocenters. The molecule has 0 amide bonds. The first-order valence-corrected chi connectivity index (χ1v) is 6.40. The van der Waals surface area contributed by atoms with Crippen molar-refractivity contribution in [2.75, 3.05) is 20.2 Å². The van der Waals surface area contributed by atoms with Crippen LogP contribution in [0.4, 0.5) is 4.39 Å². The summed E-state index contributed by atoms with van der Waals surface area (Å²) in [5.41, 5.74) is 0.774. The van der Waals surface area contributed by atoms with Crippen molar-refractivity contribution >= 4 is 0 Å². The number of rotatable bonds is 4. The fraction of sp³-hybridized carbons (Fsp3) is 0.571. The third-order valence-corrected chi connectivity index (χ3v) is 3.31. The first-order valence-electron chi connectivity index (χ1n) is 6.40.